The third-order valence-corrected chi connectivity index (χ3v) is 2.93. The summed E-state index contributed by atoms with van der Waals surface area (Å²) in [6.07, 6.45) is 1.98. The van der Waals surface area contributed by atoms with Gasteiger partial charge in [0.25, 0.3) is 6.47 Å². The van der Waals surface area contributed by atoms with E-state index in [0.717, 1.165) is 22.3 Å². The second-order valence-electron chi connectivity index (χ2n) is 3.76. The van der Waals surface area contributed by atoms with Crippen molar-refractivity contribution in [3.05, 3.63) is 47.2 Å². The highest BCUT2D eigenvalue weighted by Gasteiger charge is 2.31. The molecule has 78 valence electrons. The smallest absolute Gasteiger partial charge is 0.298 e. The van der Waals surface area contributed by atoms with Gasteiger partial charge >= 0.3 is 0 Å². The van der Waals surface area contributed by atoms with Gasteiger partial charge in [0.15, 0.2) is 5.76 Å². The van der Waals surface area contributed by atoms with Crippen molar-refractivity contribution in [1.82, 2.24) is 0 Å². The van der Waals surface area contributed by atoms with Gasteiger partial charge in [-0.2, -0.15) is 0 Å². The van der Waals surface area contributed by atoms with Crippen LogP contribution in [0.1, 0.15) is 17.5 Å². The van der Waals surface area contributed by atoms with Crippen LogP contribution in [0.5, 0.6) is 0 Å². The van der Waals surface area contributed by atoms with E-state index >= 15 is 0 Å². The molecule has 0 unspecified atom stereocenters. The summed E-state index contributed by atoms with van der Waals surface area (Å²) in [5, 5.41) is 0. The predicted octanol–water partition coefficient (Wildman–Crippen LogP) is 1.94. The topological polar surface area (TPSA) is 43.4 Å². The fourth-order valence-corrected chi connectivity index (χ4v) is 2.19. The van der Waals surface area contributed by atoms with Crippen molar-refractivity contribution in [3.63, 3.8) is 0 Å². The van der Waals surface area contributed by atoms with E-state index < -0.39 is 0 Å². The zero-order valence-corrected chi connectivity index (χ0v) is 8.40. The minimum Gasteiger partial charge on any atom is -0.425 e. The summed E-state index contributed by atoms with van der Waals surface area (Å²) < 4.78 is 4.66. The predicted molar refractivity (Wildman–Crippen MR) is 58.1 cm³/mol. The van der Waals surface area contributed by atoms with E-state index in [9.17, 15) is 9.59 Å². The van der Waals surface area contributed by atoms with Crippen LogP contribution in [0.15, 0.2) is 36.1 Å². The van der Waals surface area contributed by atoms with Crippen LogP contribution < -0.4 is 0 Å². The molecule has 3 heteroatoms. The van der Waals surface area contributed by atoms with Crippen LogP contribution >= 0.6 is 0 Å². The first kappa shape index (κ1) is 9.09. The Morgan fingerprint density at radius 3 is 2.69 bits per heavy atom. The number of benzene rings is 1. The first-order valence-corrected chi connectivity index (χ1v) is 4.99. The molecule has 0 aromatic heterocycles. The molecule has 16 heavy (non-hydrogen) atoms. The van der Waals surface area contributed by atoms with E-state index in [0.29, 0.717) is 12.9 Å². The second-order valence-corrected chi connectivity index (χ2v) is 3.76. The number of hydrogen-bond donors (Lipinski definition) is 0. The number of carbonyl (C=O) groups excluding carboxylic acids is 2. The molecule has 0 heterocycles. The van der Waals surface area contributed by atoms with Gasteiger partial charge in [-0.25, -0.2) is 0 Å². The lowest BCUT2D eigenvalue weighted by molar-refractivity contribution is -0.130. The van der Waals surface area contributed by atoms with Crippen LogP contribution in [0, 0.1) is 0 Å². The Labute approximate surface area is 92.0 Å². The summed E-state index contributed by atoms with van der Waals surface area (Å²) >= 11 is 0. The van der Waals surface area contributed by atoms with Gasteiger partial charge in [0.2, 0.25) is 5.78 Å². The Hall–Kier alpha value is -2.16. The first-order valence-electron chi connectivity index (χ1n) is 4.99. The minimum atomic E-state index is -0.139. The van der Waals surface area contributed by atoms with E-state index in [2.05, 4.69) is 4.74 Å². The Kier molecular flexibility index (Phi) is 1.80. The maximum Gasteiger partial charge on any atom is 0.298 e. The molecule has 0 saturated carbocycles. The normalized spacial score (nSPS) is 17.0. The third-order valence-electron chi connectivity index (χ3n) is 2.93. The Bertz CT molecular complexity index is 564. The van der Waals surface area contributed by atoms with Gasteiger partial charge < -0.3 is 4.74 Å². The summed E-state index contributed by atoms with van der Waals surface area (Å²) in [6, 6.07) is 7.90. The standard InChI is InChI=1S/C13H8O3/c14-7-16-13-6-11-9-4-2-1-3-8(9)10(11)5-12(13)15/h1-4,6-7H,5H2. The second kappa shape index (κ2) is 3.17. The molecule has 1 aromatic carbocycles. The van der Waals surface area contributed by atoms with Crippen molar-refractivity contribution < 1.29 is 14.3 Å². The first-order chi connectivity index (χ1) is 7.81. The van der Waals surface area contributed by atoms with E-state index in [1.165, 1.54) is 0 Å². The number of fused-ring (bicyclic) bond motifs is 3. The molecule has 0 radical (unpaired) electrons. The Balaban J connectivity index is 2.05. The lowest BCUT2D eigenvalue weighted by atomic mass is 9.75. The molecule has 0 spiro atoms. The van der Waals surface area contributed by atoms with Crippen LogP contribution in [0.2, 0.25) is 0 Å². The zero-order valence-electron chi connectivity index (χ0n) is 8.40. The van der Waals surface area contributed by atoms with Gasteiger partial charge in [-0.1, -0.05) is 24.3 Å². The van der Waals surface area contributed by atoms with Crippen molar-refractivity contribution in [2.45, 2.75) is 6.42 Å². The molecule has 3 nitrogen and oxygen atoms in total. The van der Waals surface area contributed by atoms with Crippen LogP contribution in [0.3, 0.4) is 0 Å². The fraction of sp³-hybridized carbons (Fsp3) is 0.0769. The minimum absolute atomic E-state index is 0.139. The van der Waals surface area contributed by atoms with Crippen molar-refractivity contribution in [1.29, 1.82) is 0 Å². The lowest BCUT2D eigenvalue weighted by Crippen LogP contribution is -2.17. The van der Waals surface area contributed by atoms with E-state index in [1.807, 2.05) is 24.3 Å². The average Bonchev–Trinajstić information content (AvgIpc) is 2.30. The molecule has 0 N–H and O–H groups in total. The number of rotatable bonds is 2. The molecular weight excluding hydrogens is 204 g/mol. The summed E-state index contributed by atoms with van der Waals surface area (Å²) in [7, 11) is 0. The summed E-state index contributed by atoms with van der Waals surface area (Å²) in [5.74, 6) is 0.00334. The molecular formula is C13H8O3. The fourth-order valence-electron chi connectivity index (χ4n) is 2.19. The monoisotopic (exact) mass is 212 g/mol. The van der Waals surface area contributed by atoms with Crippen molar-refractivity contribution in [2.75, 3.05) is 0 Å². The zero-order chi connectivity index (χ0) is 11.1. The molecule has 0 saturated heterocycles. The van der Waals surface area contributed by atoms with Crippen LogP contribution in [-0.2, 0) is 14.3 Å². The summed E-state index contributed by atoms with van der Waals surface area (Å²) in [6.45, 7) is 0.292. The van der Waals surface area contributed by atoms with Gasteiger partial charge in [-0.3, -0.25) is 9.59 Å². The van der Waals surface area contributed by atoms with Gasteiger partial charge in [0.1, 0.15) is 0 Å². The van der Waals surface area contributed by atoms with Gasteiger partial charge in [0.05, 0.1) is 0 Å². The molecule has 1 aromatic rings. The highest BCUT2D eigenvalue weighted by Crippen LogP contribution is 2.46. The maximum absolute atomic E-state index is 11.6. The van der Waals surface area contributed by atoms with Crippen LogP contribution in [-0.4, -0.2) is 12.3 Å². The highest BCUT2D eigenvalue weighted by molar-refractivity contribution is 6.19. The van der Waals surface area contributed by atoms with Crippen molar-refractivity contribution in [3.8, 4) is 0 Å². The van der Waals surface area contributed by atoms with E-state index in [1.54, 1.807) is 6.08 Å². The molecule has 3 rings (SSSR count). The molecule has 0 amide bonds. The van der Waals surface area contributed by atoms with Crippen LogP contribution in [0.4, 0.5) is 0 Å². The third kappa shape index (κ3) is 1.08. The largest absolute Gasteiger partial charge is 0.425 e. The Morgan fingerprint density at radius 1 is 1.19 bits per heavy atom. The molecule has 2 aliphatic rings. The van der Waals surface area contributed by atoms with Crippen LogP contribution in [0.25, 0.3) is 11.1 Å². The number of Topliss-reactive ketones (excluding diaryl/α,β-unsaturated/α-hetero) is 1. The van der Waals surface area contributed by atoms with E-state index in [-0.39, 0.29) is 11.5 Å². The van der Waals surface area contributed by atoms with Gasteiger partial charge in [0, 0.05) is 6.42 Å². The van der Waals surface area contributed by atoms with E-state index in [4.69, 9.17) is 0 Å². The molecule has 0 bridgehead atoms. The average molecular weight is 212 g/mol. The number of carbonyl (C=O) groups is 2. The molecule has 2 aliphatic carbocycles. The number of allylic oxidation sites excluding steroid dienone is 4. The van der Waals surface area contributed by atoms with Crippen molar-refractivity contribution >= 4 is 23.4 Å². The summed E-state index contributed by atoms with van der Waals surface area (Å²) in [4.78, 5) is 21.8. The SMILES string of the molecule is O=COC1=CC2=C(CC1=O)c1ccccc12. The molecule has 0 atom stereocenters. The summed E-state index contributed by atoms with van der Waals surface area (Å²) in [5.41, 5.74) is 4.33. The number of ketones is 1. The van der Waals surface area contributed by atoms with Crippen molar-refractivity contribution in [2.24, 2.45) is 0 Å². The van der Waals surface area contributed by atoms with Gasteiger partial charge in [-0.15, -0.1) is 0 Å². The number of ether oxygens (including phenoxy) is 1. The maximum atomic E-state index is 11.6. The van der Waals surface area contributed by atoms with Gasteiger partial charge in [-0.05, 0) is 28.3 Å². The highest BCUT2D eigenvalue weighted by atomic mass is 16.5. The quantitative estimate of drug-likeness (QED) is 0.703. The molecule has 0 aliphatic heterocycles. The Morgan fingerprint density at radius 2 is 1.94 bits per heavy atom. The lowest BCUT2D eigenvalue weighted by Gasteiger charge is -2.29. The number of hydrogen-bond acceptors (Lipinski definition) is 3. The molecule has 0 fully saturated rings.